The summed E-state index contributed by atoms with van der Waals surface area (Å²) in [5.41, 5.74) is -1.44. The summed E-state index contributed by atoms with van der Waals surface area (Å²) >= 11 is 0. The maximum atomic E-state index is 13.6. The minimum absolute atomic E-state index is 0.0281. The van der Waals surface area contributed by atoms with Crippen molar-refractivity contribution in [2.45, 2.75) is 154 Å². The Hall–Kier alpha value is -4.44. The van der Waals surface area contributed by atoms with Gasteiger partial charge in [-0.3, -0.25) is 29.6 Å². The Morgan fingerprint density at radius 2 is 1.73 bits per heavy atom. The van der Waals surface area contributed by atoms with Crippen LogP contribution in [0, 0.1) is 0 Å². The topological polar surface area (TPSA) is 228 Å². The van der Waals surface area contributed by atoms with E-state index in [4.69, 9.17) is 9.47 Å². The first kappa shape index (κ1) is 45.0. The number of hydrogen-bond acceptors (Lipinski definition) is 12. The summed E-state index contributed by atoms with van der Waals surface area (Å²) in [6, 6.07) is 2.11. The van der Waals surface area contributed by atoms with E-state index in [9.17, 15) is 44.6 Å². The molecule has 55 heavy (non-hydrogen) atoms. The summed E-state index contributed by atoms with van der Waals surface area (Å²) in [6.45, 7) is 5.14. The van der Waals surface area contributed by atoms with Crippen molar-refractivity contribution < 1.29 is 54.1 Å². The van der Waals surface area contributed by atoms with Gasteiger partial charge in [0.15, 0.2) is 17.0 Å². The fraction of sp³-hybridized carbons (Fsp3) is 0.692. The molecular weight excluding hydrogens is 714 g/mol. The van der Waals surface area contributed by atoms with Crippen molar-refractivity contribution in [2.75, 3.05) is 19.7 Å². The monoisotopic (exact) mass is 775 g/mol. The standard InChI is InChI=1S/C39H61N5O11/c1-4-5-6-7-8-9-10-11-12-22-33(47)43(52)23-15-14-20-30(37(50)55-27(2)25-32(46)40-29-19-13-16-24-44(53)36(29)49)41-38(51)39(3)26-54-35(42-39)28-18-17-21-31(45)34(28)48/h17-18,21,27,29-30,45,48,52-53H,4-16,19-20,22-26H2,1-3H3,(H,40,46)(H,41,51)/t27-,29-,30-,39+/m0/s1. The van der Waals surface area contributed by atoms with Crippen LogP contribution in [0.15, 0.2) is 23.2 Å². The van der Waals surface area contributed by atoms with E-state index in [-0.39, 0.29) is 56.3 Å². The number of amides is 4. The third kappa shape index (κ3) is 14.6. The van der Waals surface area contributed by atoms with Crippen LogP contribution in [0.3, 0.4) is 0 Å². The van der Waals surface area contributed by atoms with Gasteiger partial charge in [-0.15, -0.1) is 0 Å². The highest BCUT2D eigenvalue weighted by atomic mass is 16.5. The Labute approximate surface area is 323 Å². The van der Waals surface area contributed by atoms with Crippen molar-refractivity contribution in [3.8, 4) is 11.5 Å². The molecule has 2 aliphatic heterocycles. The largest absolute Gasteiger partial charge is 0.504 e. The Bertz CT molecular complexity index is 1470. The number of esters is 1. The van der Waals surface area contributed by atoms with Crippen LogP contribution >= 0.6 is 0 Å². The number of aliphatic imine (C=N–C) groups is 1. The first-order valence-corrected chi connectivity index (χ1v) is 19.8. The number of rotatable bonds is 23. The zero-order chi connectivity index (χ0) is 40.4. The van der Waals surface area contributed by atoms with Crippen LogP contribution in [-0.4, -0.2) is 110 Å². The molecule has 6 N–H and O–H groups in total. The van der Waals surface area contributed by atoms with E-state index in [1.165, 1.54) is 64.2 Å². The fourth-order valence-electron chi connectivity index (χ4n) is 6.46. The Morgan fingerprint density at radius 3 is 2.44 bits per heavy atom. The molecule has 308 valence electrons. The van der Waals surface area contributed by atoms with Gasteiger partial charge in [0.1, 0.15) is 24.8 Å². The Kier molecular flexibility index (Phi) is 18.7. The lowest BCUT2D eigenvalue weighted by Gasteiger charge is -2.25. The van der Waals surface area contributed by atoms with E-state index in [1.807, 2.05) is 0 Å². The fourth-order valence-corrected chi connectivity index (χ4v) is 6.46. The molecule has 2 heterocycles. The molecule has 2 aliphatic rings. The number of para-hydroxylation sites is 1. The number of carbonyl (C=O) groups is 5. The third-order valence-corrected chi connectivity index (χ3v) is 9.85. The quantitative estimate of drug-likeness (QED) is 0.0295. The van der Waals surface area contributed by atoms with Crippen LogP contribution in [0.5, 0.6) is 11.5 Å². The number of carbonyl (C=O) groups excluding carboxylic acids is 5. The van der Waals surface area contributed by atoms with Crippen molar-refractivity contribution in [1.82, 2.24) is 20.8 Å². The number of ether oxygens (including phenoxy) is 2. The van der Waals surface area contributed by atoms with Gasteiger partial charge in [0.25, 0.3) is 11.8 Å². The third-order valence-electron chi connectivity index (χ3n) is 9.85. The van der Waals surface area contributed by atoms with E-state index in [1.54, 1.807) is 0 Å². The molecule has 16 nitrogen and oxygen atoms in total. The molecule has 4 atom stereocenters. The Morgan fingerprint density at radius 1 is 1.04 bits per heavy atom. The first-order chi connectivity index (χ1) is 26.2. The number of phenolic OH excluding ortho intramolecular Hbond substituents is 2. The van der Waals surface area contributed by atoms with Crippen LogP contribution in [0.1, 0.15) is 135 Å². The highest BCUT2D eigenvalue weighted by Crippen LogP contribution is 2.32. The highest BCUT2D eigenvalue weighted by Gasteiger charge is 2.42. The molecule has 1 aromatic carbocycles. The number of nitrogens with zero attached hydrogens (tertiary/aromatic N) is 3. The number of aromatic hydroxyl groups is 2. The lowest BCUT2D eigenvalue weighted by molar-refractivity contribution is -0.167. The van der Waals surface area contributed by atoms with Crippen molar-refractivity contribution in [3.05, 3.63) is 23.8 Å². The minimum Gasteiger partial charge on any atom is -0.504 e. The summed E-state index contributed by atoms with van der Waals surface area (Å²) in [5.74, 6) is -4.00. The summed E-state index contributed by atoms with van der Waals surface area (Å²) in [5, 5.41) is 46.9. The molecule has 1 aromatic rings. The van der Waals surface area contributed by atoms with E-state index in [0.717, 1.165) is 19.3 Å². The van der Waals surface area contributed by atoms with Gasteiger partial charge in [0.05, 0.1) is 12.0 Å². The van der Waals surface area contributed by atoms with Crippen LogP contribution in [0.25, 0.3) is 0 Å². The van der Waals surface area contributed by atoms with Gasteiger partial charge < -0.3 is 30.3 Å². The second-order valence-electron chi connectivity index (χ2n) is 14.8. The Balaban J connectivity index is 1.57. The van der Waals surface area contributed by atoms with Crippen LogP contribution in [-0.2, 0) is 33.4 Å². The van der Waals surface area contributed by atoms with E-state index < -0.39 is 58.9 Å². The molecule has 0 bridgehead atoms. The lowest BCUT2D eigenvalue weighted by Crippen LogP contribution is -2.52. The molecule has 0 spiro atoms. The van der Waals surface area contributed by atoms with Gasteiger partial charge in [-0.2, -0.15) is 0 Å². The average Bonchev–Trinajstić information content (AvgIpc) is 3.49. The van der Waals surface area contributed by atoms with Crippen molar-refractivity contribution >= 4 is 35.5 Å². The summed E-state index contributed by atoms with van der Waals surface area (Å²) in [6.07, 6.45) is 11.2. The molecule has 0 aromatic heterocycles. The van der Waals surface area contributed by atoms with Gasteiger partial charge >= 0.3 is 5.97 Å². The highest BCUT2D eigenvalue weighted by molar-refractivity contribution is 6.02. The molecule has 0 saturated carbocycles. The van der Waals surface area contributed by atoms with Gasteiger partial charge in [-0.05, 0) is 70.9 Å². The summed E-state index contributed by atoms with van der Waals surface area (Å²) < 4.78 is 11.2. The van der Waals surface area contributed by atoms with Gasteiger partial charge in [-0.25, -0.2) is 19.9 Å². The lowest BCUT2D eigenvalue weighted by atomic mass is 10.0. The molecule has 0 radical (unpaired) electrons. The predicted molar refractivity (Wildman–Crippen MR) is 201 cm³/mol. The molecule has 4 amide bonds. The number of phenols is 2. The van der Waals surface area contributed by atoms with E-state index >= 15 is 0 Å². The zero-order valence-electron chi connectivity index (χ0n) is 32.6. The molecular formula is C39H61N5O11. The number of benzene rings is 1. The van der Waals surface area contributed by atoms with Gasteiger partial charge in [0.2, 0.25) is 17.7 Å². The van der Waals surface area contributed by atoms with E-state index in [2.05, 4.69) is 22.5 Å². The second-order valence-corrected chi connectivity index (χ2v) is 14.8. The SMILES string of the molecule is CCCCCCCCCCCC(=O)N(O)CCCC[C@H](NC(=O)[C@@]1(C)COC(c2cccc(O)c2O)=N1)C(=O)O[C@@H](C)CC(=O)N[C@H]1CCCCN(O)C1=O. The van der Waals surface area contributed by atoms with Crippen molar-refractivity contribution in [2.24, 2.45) is 4.99 Å². The molecule has 1 saturated heterocycles. The minimum atomic E-state index is -1.52. The maximum absolute atomic E-state index is 13.6. The number of unbranched alkanes of at least 4 members (excludes halogenated alkanes) is 9. The second kappa shape index (κ2) is 22.8. The van der Waals surface area contributed by atoms with Crippen LogP contribution in [0.2, 0.25) is 0 Å². The van der Waals surface area contributed by atoms with Crippen molar-refractivity contribution in [1.29, 1.82) is 0 Å². The van der Waals surface area contributed by atoms with E-state index in [0.29, 0.717) is 48.7 Å². The smallest absolute Gasteiger partial charge is 0.328 e. The molecule has 0 aliphatic carbocycles. The number of hydroxylamine groups is 4. The van der Waals surface area contributed by atoms with Crippen LogP contribution < -0.4 is 10.6 Å². The van der Waals surface area contributed by atoms with Crippen LogP contribution in [0.4, 0.5) is 0 Å². The van der Waals surface area contributed by atoms with Gasteiger partial charge in [-0.1, -0.05) is 64.4 Å². The zero-order valence-corrected chi connectivity index (χ0v) is 32.6. The normalized spacial score (nSPS) is 19.4. The molecule has 0 unspecified atom stereocenters. The number of hydrogen-bond donors (Lipinski definition) is 6. The molecule has 16 heteroatoms. The molecule has 3 rings (SSSR count). The summed E-state index contributed by atoms with van der Waals surface area (Å²) in [4.78, 5) is 69.1. The predicted octanol–water partition coefficient (Wildman–Crippen LogP) is 4.64. The van der Waals surface area contributed by atoms with Crippen molar-refractivity contribution in [3.63, 3.8) is 0 Å². The van der Waals surface area contributed by atoms with Gasteiger partial charge in [0, 0.05) is 19.5 Å². The summed E-state index contributed by atoms with van der Waals surface area (Å²) in [7, 11) is 0. The number of nitrogens with one attached hydrogen (secondary N) is 2. The maximum Gasteiger partial charge on any atom is 0.328 e. The molecule has 1 fully saturated rings. The average molecular weight is 776 g/mol. The first-order valence-electron chi connectivity index (χ1n) is 19.8.